The topological polar surface area (TPSA) is 0 Å². The predicted octanol–water partition coefficient (Wildman–Crippen LogP) is 0.586. The van der Waals surface area contributed by atoms with Crippen molar-refractivity contribution in [3.05, 3.63) is 147 Å². The molecule has 175 valence electrons. The van der Waals surface area contributed by atoms with Crippen molar-refractivity contribution < 1.29 is 51.0 Å². The van der Waals surface area contributed by atoms with Gasteiger partial charge in [-0.25, -0.2) is 0 Å². The average Bonchev–Trinajstić information content (AvgIpc) is 3.49. The van der Waals surface area contributed by atoms with E-state index in [1.165, 1.54) is 66.1 Å². The van der Waals surface area contributed by atoms with E-state index in [1.807, 2.05) is 0 Å². The Hall–Kier alpha value is -2.44. The second kappa shape index (κ2) is 11.7. The van der Waals surface area contributed by atoms with Crippen molar-refractivity contribution in [1.29, 1.82) is 0 Å². The van der Waals surface area contributed by atoms with Crippen molar-refractivity contribution >= 4 is 17.2 Å². The Labute approximate surface area is 245 Å². The molecule has 0 saturated heterocycles. The fourth-order valence-electron chi connectivity index (χ4n) is 5.24. The van der Waals surface area contributed by atoms with Crippen LogP contribution in [0, 0.1) is 13.8 Å². The second-order valence-electron chi connectivity index (χ2n) is 8.95. The Bertz CT molecular complexity index is 1540. The van der Waals surface area contributed by atoms with Gasteiger partial charge in [0.1, 0.15) is 0 Å². The molecule has 0 amide bonds. The van der Waals surface area contributed by atoms with Gasteiger partial charge in [0.15, 0.2) is 0 Å². The summed E-state index contributed by atoms with van der Waals surface area (Å²) in [6.45, 7) is 4.44. The average molecular weight is 584 g/mol. The first kappa shape index (κ1) is 28.1. The van der Waals surface area contributed by atoms with Gasteiger partial charge >= 0.3 is 26.2 Å². The maximum Gasteiger partial charge on any atom is 3.00 e. The van der Waals surface area contributed by atoms with Crippen LogP contribution < -0.4 is 35.3 Å². The minimum atomic E-state index is 0. The summed E-state index contributed by atoms with van der Waals surface area (Å²) in [6.07, 6.45) is 11.4. The first-order valence-corrected chi connectivity index (χ1v) is 11.6. The molecule has 0 fully saturated rings. The predicted molar refractivity (Wildman–Crippen MR) is 139 cm³/mol. The van der Waals surface area contributed by atoms with Crippen molar-refractivity contribution in [2.45, 2.75) is 20.3 Å². The maximum atomic E-state index is 3.77. The minimum absolute atomic E-state index is 0. The van der Waals surface area contributed by atoms with Crippen LogP contribution in [0.1, 0.15) is 39.8 Å². The van der Waals surface area contributed by atoms with Gasteiger partial charge in [-0.2, -0.15) is 0 Å². The van der Waals surface area contributed by atoms with Crippen LogP contribution in [0.25, 0.3) is 28.3 Å². The zero-order chi connectivity index (χ0) is 22.4. The van der Waals surface area contributed by atoms with Crippen LogP contribution in [0.5, 0.6) is 0 Å². The maximum absolute atomic E-state index is 3.77. The molecule has 4 aromatic rings. The first-order chi connectivity index (χ1) is 16.2. The van der Waals surface area contributed by atoms with E-state index in [0.717, 1.165) is 6.42 Å². The molecular weight excluding hydrogens is 558 g/mol. The smallest absolute Gasteiger partial charge is 1.00 e. The summed E-state index contributed by atoms with van der Waals surface area (Å²) in [5, 5.41) is 2.54. The Balaban J connectivity index is 0.00000120. The van der Waals surface area contributed by atoms with E-state index in [-0.39, 0.29) is 51.0 Å². The molecule has 0 saturated carbocycles. The fourth-order valence-corrected chi connectivity index (χ4v) is 5.24. The van der Waals surface area contributed by atoms with E-state index in [0.29, 0.717) is 0 Å². The number of allylic oxidation sites excluding steroid dienone is 4. The van der Waals surface area contributed by atoms with E-state index in [2.05, 4.69) is 123 Å². The van der Waals surface area contributed by atoms with Crippen LogP contribution in [0.3, 0.4) is 0 Å². The third-order valence-corrected chi connectivity index (χ3v) is 6.80. The molecule has 0 heterocycles. The molecule has 6 rings (SSSR count). The van der Waals surface area contributed by atoms with Crippen LogP contribution in [-0.4, -0.2) is 0 Å². The van der Waals surface area contributed by atoms with Gasteiger partial charge in [-0.15, -0.1) is 34.1 Å². The largest absolute Gasteiger partial charge is 3.00 e. The summed E-state index contributed by atoms with van der Waals surface area (Å²) in [5.41, 5.74) is 12.9. The number of hydrogen-bond acceptors (Lipinski definition) is 0. The first-order valence-electron chi connectivity index (χ1n) is 11.6. The van der Waals surface area contributed by atoms with Crippen LogP contribution >= 0.6 is 0 Å². The number of hydrogen-bond donors (Lipinski definition) is 0. The van der Waals surface area contributed by atoms with Gasteiger partial charge < -0.3 is 24.8 Å². The van der Waals surface area contributed by atoms with E-state index in [1.54, 1.807) is 0 Å². The summed E-state index contributed by atoms with van der Waals surface area (Å²) in [5.74, 6) is 0. The van der Waals surface area contributed by atoms with Crippen molar-refractivity contribution in [2.24, 2.45) is 0 Å². The van der Waals surface area contributed by atoms with Gasteiger partial charge in [-0.3, -0.25) is 0 Å². The number of halogens is 2. The Morgan fingerprint density at radius 2 is 1.39 bits per heavy atom. The van der Waals surface area contributed by atoms with Gasteiger partial charge in [-0.05, 0) is 42.2 Å². The minimum Gasteiger partial charge on any atom is -1.00 e. The molecule has 0 spiro atoms. The molecule has 0 aliphatic heterocycles. The molecule has 0 unspecified atom stereocenters. The van der Waals surface area contributed by atoms with E-state index in [9.17, 15) is 0 Å². The monoisotopic (exact) mass is 581 g/mol. The molecule has 0 atom stereocenters. The van der Waals surface area contributed by atoms with Crippen LogP contribution in [0.4, 0.5) is 0 Å². The van der Waals surface area contributed by atoms with Crippen LogP contribution in [-0.2, 0) is 26.2 Å². The number of rotatable bonds is 3. The van der Waals surface area contributed by atoms with Crippen molar-refractivity contribution in [3.8, 4) is 11.1 Å². The van der Waals surface area contributed by atoms with Gasteiger partial charge in [0, 0.05) is 0 Å². The van der Waals surface area contributed by atoms with E-state index in [4.69, 9.17) is 0 Å². The van der Waals surface area contributed by atoms with Crippen LogP contribution in [0.2, 0.25) is 0 Å². The molecular formula is C33H25Cl2Zr. The van der Waals surface area contributed by atoms with Gasteiger partial charge in [-0.1, -0.05) is 119 Å². The second-order valence-corrected chi connectivity index (χ2v) is 8.95. The summed E-state index contributed by atoms with van der Waals surface area (Å²) in [7, 11) is 0. The molecule has 36 heavy (non-hydrogen) atoms. The summed E-state index contributed by atoms with van der Waals surface area (Å²) < 4.78 is 0. The molecule has 0 bridgehead atoms. The summed E-state index contributed by atoms with van der Waals surface area (Å²) >= 11 is 0. The van der Waals surface area contributed by atoms with Crippen molar-refractivity contribution in [1.82, 2.24) is 0 Å². The normalized spacial score (nSPS) is 12.2. The number of fused-ring (bicyclic) bond motifs is 3. The quantitative estimate of drug-likeness (QED) is 0.273. The van der Waals surface area contributed by atoms with Gasteiger partial charge in [0.05, 0.1) is 0 Å². The molecule has 0 nitrogen and oxygen atoms in total. The summed E-state index contributed by atoms with van der Waals surface area (Å²) in [6, 6.07) is 30.7. The molecule has 0 aromatic heterocycles. The van der Waals surface area contributed by atoms with Crippen LogP contribution in [0.15, 0.2) is 103 Å². The Morgan fingerprint density at radius 3 is 1.97 bits per heavy atom. The van der Waals surface area contributed by atoms with Crippen molar-refractivity contribution in [3.63, 3.8) is 0 Å². The Morgan fingerprint density at radius 1 is 0.750 bits per heavy atom. The third kappa shape index (κ3) is 4.90. The molecule has 3 heteroatoms. The Kier molecular flexibility index (Phi) is 9.18. The van der Waals surface area contributed by atoms with Gasteiger partial charge in [0.2, 0.25) is 0 Å². The van der Waals surface area contributed by atoms with E-state index >= 15 is 0 Å². The fraction of sp³-hybridized carbons (Fsp3) is 0.0909. The molecule has 0 N–H and O–H groups in total. The van der Waals surface area contributed by atoms with Gasteiger partial charge in [0.25, 0.3) is 0 Å². The number of aryl methyl sites for hydroxylation is 1. The zero-order valence-electron chi connectivity index (χ0n) is 20.3. The third-order valence-electron chi connectivity index (χ3n) is 6.80. The molecule has 4 aromatic carbocycles. The van der Waals surface area contributed by atoms with Crippen molar-refractivity contribution in [2.75, 3.05) is 0 Å². The standard InChI is InChI=1S/C33H25.2ClH.Zr/c1-22-17-18-28-27(19-22)20-31-30(28)21-29(23(2)32(31)24-15-9-10-16-24)33(25-11-5-3-6-12-25)26-13-7-4-8-14-26;;;/h3-15,17-19,21H,16H2,1-2H3;2*1H;/q-1;;;+3/p-2. The SMILES string of the molecule is Cc1ccc2c(c1)[C-]=c1c-2cc(=C(c2ccccc2)c2ccccc2)c(C)c1C1=CC=CC1.[Cl-].[Cl-].[Zr+3]. The zero-order valence-corrected chi connectivity index (χ0v) is 24.2. The molecule has 2 aliphatic rings. The molecule has 1 radical (unpaired) electrons. The summed E-state index contributed by atoms with van der Waals surface area (Å²) in [4.78, 5) is 0. The van der Waals surface area contributed by atoms with E-state index < -0.39 is 0 Å². The number of benzene rings is 4. The molecule has 2 aliphatic carbocycles.